The molecule has 1 unspecified atom stereocenters. The van der Waals surface area contributed by atoms with Gasteiger partial charge in [-0.1, -0.05) is 60.7 Å². The van der Waals surface area contributed by atoms with Crippen molar-refractivity contribution in [1.29, 1.82) is 0 Å². The first-order valence-electron chi connectivity index (χ1n) is 11.2. The van der Waals surface area contributed by atoms with Crippen LogP contribution in [-0.4, -0.2) is 35.6 Å². The summed E-state index contributed by atoms with van der Waals surface area (Å²) in [7, 11) is 0. The molecule has 0 saturated carbocycles. The standard InChI is InChI=1S/C27H26F3NO3/c28-27(29,30)25-16-23(10-11-24(25)21-4-2-1-3-5-21)34-18-19-6-8-20(9-7-19)22-12-14-31(17-22)15-13-26(32)33/h1-11,16,22H,12-15,17-18H2,(H,32,33). The van der Waals surface area contributed by atoms with Crippen LogP contribution in [0.25, 0.3) is 11.1 Å². The fourth-order valence-electron chi connectivity index (χ4n) is 4.33. The number of benzene rings is 3. The van der Waals surface area contributed by atoms with Gasteiger partial charge in [0.15, 0.2) is 0 Å². The van der Waals surface area contributed by atoms with Gasteiger partial charge in [-0.15, -0.1) is 0 Å². The quantitative estimate of drug-likeness (QED) is 0.426. The first kappa shape index (κ1) is 23.8. The van der Waals surface area contributed by atoms with Crippen LogP contribution >= 0.6 is 0 Å². The van der Waals surface area contributed by atoms with Crippen LogP contribution in [0.1, 0.15) is 35.4 Å². The molecule has 1 heterocycles. The largest absolute Gasteiger partial charge is 0.489 e. The van der Waals surface area contributed by atoms with E-state index in [0.29, 0.717) is 18.0 Å². The van der Waals surface area contributed by atoms with Gasteiger partial charge < -0.3 is 14.7 Å². The van der Waals surface area contributed by atoms with E-state index in [9.17, 15) is 18.0 Å². The Morgan fingerprint density at radius 1 is 1.03 bits per heavy atom. The van der Waals surface area contributed by atoms with Crippen LogP contribution in [0.15, 0.2) is 72.8 Å². The number of likely N-dealkylation sites (tertiary alicyclic amines) is 1. The number of ether oxygens (including phenoxy) is 1. The number of hydrogen-bond donors (Lipinski definition) is 1. The molecule has 0 radical (unpaired) electrons. The maximum absolute atomic E-state index is 13.7. The number of hydrogen-bond acceptors (Lipinski definition) is 3. The van der Waals surface area contributed by atoms with E-state index in [1.54, 1.807) is 36.4 Å². The van der Waals surface area contributed by atoms with Gasteiger partial charge in [0.05, 0.1) is 12.0 Å². The van der Waals surface area contributed by atoms with Gasteiger partial charge >= 0.3 is 12.1 Å². The summed E-state index contributed by atoms with van der Waals surface area (Å²) in [6, 6.07) is 20.5. The van der Waals surface area contributed by atoms with E-state index < -0.39 is 17.7 Å². The van der Waals surface area contributed by atoms with Crippen molar-refractivity contribution in [2.75, 3.05) is 19.6 Å². The summed E-state index contributed by atoms with van der Waals surface area (Å²) in [5, 5.41) is 8.85. The molecule has 1 fully saturated rings. The van der Waals surface area contributed by atoms with Gasteiger partial charge in [-0.25, -0.2) is 0 Å². The van der Waals surface area contributed by atoms with Gasteiger partial charge in [-0.05, 0) is 53.3 Å². The van der Waals surface area contributed by atoms with E-state index in [4.69, 9.17) is 9.84 Å². The maximum atomic E-state index is 13.7. The summed E-state index contributed by atoms with van der Waals surface area (Å²) in [5.74, 6) is -0.269. The van der Waals surface area contributed by atoms with Crippen LogP contribution in [0.4, 0.5) is 13.2 Å². The molecule has 4 rings (SSSR count). The van der Waals surface area contributed by atoms with Gasteiger partial charge in [0.2, 0.25) is 0 Å². The molecule has 0 spiro atoms. The minimum Gasteiger partial charge on any atom is -0.489 e. The summed E-state index contributed by atoms with van der Waals surface area (Å²) < 4.78 is 46.8. The van der Waals surface area contributed by atoms with Crippen molar-refractivity contribution >= 4 is 5.97 Å². The Labute approximate surface area is 196 Å². The summed E-state index contributed by atoms with van der Waals surface area (Å²) in [5.41, 5.74) is 1.95. The molecule has 1 atom stereocenters. The van der Waals surface area contributed by atoms with E-state index in [1.165, 1.54) is 11.6 Å². The molecule has 0 amide bonds. The van der Waals surface area contributed by atoms with Crippen molar-refractivity contribution in [2.45, 2.75) is 31.5 Å². The topological polar surface area (TPSA) is 49.8 Å². The SMILES string of the molecule is O=C(O)CCN1CCC(c2ccc(COc3ccc(-c4ccccc4)c(C(F)(F)F)c3)cc2)C1. The third kappa shape index (κ3) is 5.97. The van der Waals surface area contributed by atoms with Gasteiger partial charge in [0.1, 0.15) is 12.4 Å². The third-order valence-electron chi connectivity index (χ3n) is 6.15. The molecule has 7 heteroatoms. The second-order valence-electron chi connectivity index (χ2n) is 8.53. The van der Waals surface area contributed by atoms with Crippen molar-refractivity contribution < 1.29 is 27.8 Å². The highest BCUT2D eigenvalue weighted by molar-refractivity contribution is 5.69. The Hall–Kier alpha value is -3.32. The van der Waals surface area contributed by atoms with E-state index >= 15 is 0 Å². The van der Waals surface area contributed by atoms with Crippen LogP contribution < -0.4 is 4.74 Å². The lowest BCUT2D eigenvalue weighted by atomic mass is 9.97. The minimum absolute atomic E-state index is 0.124. The fourth-order valence-corrected chi connectivity index (χ4v) is 4.33. The van der Waals surface area contributed by atoms with Crippen molar-refractivity contribution in [3.8, 4) is 16.9 Å². The lowest BCUT2D eigenvalue weighted by Gasteiger charge is -2.16. The molecule has 3 aromatic rings. The Morgan fingerprint density at radius 2 is 1.76 bits per heavy atom. The zero-order valence-corrected chi connectivity index (χ0v) is 18.6. The Balaban J connectivity index is 1.39. The number of aliphatic carboxylic acids is 1. The summed E-state index contributed by atoms with van der Waals surface area (Å²) >= 11 is 0. The molecule has 0 aromatic heterocycles. The third-order valence-corrected chi connectivity index (χ3v) is 6.15. The summed E-state index contributed by atoms with van der Waals surface area (Å²) in [4.78, 5) is 12.9. The van der Waals surface area contributed by atoms with E-state index in [0.717, 1.165) is 31.1 Å². The second-order valence-corrected chi connectivity index (χ2v) is 8.53. The van der Waals surface area contributed by atoms with Crippen molar-refractivity contribution in [1.82, 2.24) is 4.90 Å². The highest BCUT2D eigenvalue weighted by Crippen LogP contribution is 2.39. The number of carboxylic acid groups (broad SMARTS) is 1. The molecule has 1 aliphatic rings. The summed E-state index contributed by atoms with van der Waals surface area (Å²) in [6.07, 6.45) is -3.37. The molecule has 0 aliphatic carbocycles. The highest BCUT2D eigenvalue weighted by Gasteiger charge is 2.34. The molecule has 178 valence electrons. The molecule has 3 aromatic carbocycles. The van der Waals surface area contributed by atoms with E-state index in [-0.39, 0.29) is 24.3 Å². The fraction of sp³-hybridized carbons (Fsp3) is 0.296. The maximum Gasteiger partial charge on any atom is 0.417 e. The van der Waals surface area contributed by atoms with Gasteiger partial charge in [0, 0.05) is 13.1 Å². The zero-order valence-electron chi connectivity index (χ0n) is 18.6. The normalized spacial score (nSPS) is 16.5. The molecule has 1 aliphatic heterocycles. The first-order chi connectivity index (χ1) is 16.3. The Bertz CT molecular complexity index is 1110. The second kappa shape index (κ2) is 10.3. The van der Waals surface area contributed by atoms with Crippen LogP contribution in [-0.2, 0) is 17.6 Å². The first-order valence-corrected chi connectivity index (χ1v) is 11.2. The van der Waals surface area contributed by atoms with Gasteiger partial charge in [-0.3, -0.25) is 4.79 Å². The van der Waals surface area contributed by atoms with Crippen LogP contribution in [0, 0.1) is 0 Å². The molecule has 0 bridgehead atoms. The lowest BCUT2D eigenvalue weighted by molar-refractivity contribution is -0.138. The summed E-state index contributed by atoms with van der Waals surface area (Å²) in [6.45, 7) is 2.43. The molecule has 1 N–H and O–H groups in total. The average Bonchev–Trinajstić information content (AvgIpc) is 3.31. The van der Waals surface area contributed by atoms with Gasteiger partial charge in [0.25, 0.3) is 0 Å². The highest BCUT2D eigenvalue weighted by atomic mass is 19.4. The van der Waals surface area contributed by atoms with Crippen LogP contribution in [0.3, 0.4) is 0 Å². The average molecular weight is 470 g/mol. The van der Waals surface area contributed by atoms with Crippen LogP contribution in [0.2, 0.25) is 0 Å². The Kier molecular flexibility index (Phi) is 7.22. The van der Waals surface area contributed by atoms with Gasteiger partial charge in [-0.2, -0.15) is 13.2 Å². The molecule has 34 heavy (non-hydrogen) atoms. The van der Waals surface area contributed by atoms with Crippen LogP contribution in [0.5, 0.6) is 5.75 Å². The predicted molar refractivity (Wildman–Crippen MR) is 124 cm³/mol. The molecule has 4 nitrogen and oxygen atoms in total. The lowest BCUT2D eigenvalue weighted by Crippen LogP contribution is -2.23. The predicted octanol–water partition coefficient (Wildman–Crippen LogP) is 6.22. The number of halogens is 3. The van der Waals surface area contributed by atoms with Crippen molar-refractivity contribution in [3.63, 3.8) is 0 Å². The molecular weight excluding hydrogens is 443 g/mol. The molecule has 1 saturated heterocycles. The zero-order chi connectivity index (χ0) is 24.1. The minimum atomic E-state index is -4.49. The monoisotopic (exact) mass is 469 g/mol. The number of carboxylic acids is 1. The number of nitrogens with zero attached hydrogens (tertiary/aromatic N) is 1. The van der Waals surface area contributed by atoms with E-state index in [2.05, 4.69) is 4.90 Å². The van der Waals surface area contributed by atoms with Crippen molar-refractivity contribution in [2.24, 2.45) is 0 Å². The molecular formula is C27H26F3NO3. The Morgan fingerprint density at radius 3 is 2.44 bits per heavy atom. The number of rotatable bonds is 8. The number of carbonyl (C=O) groups is 1. The van der Waals surface area contributed by atoms with Crippen molar-refractivity contribution in [3.05, 3.63) is 89.5 Å². The van der Waals surface area contributed by atoms with E-state index in [1.807, 2.05) is 24.3 Å². The smallest absolute Gasteiger partial charge is 0.417 e. The number of alkyl halides is 3.